The van der Waals surface area contributed by atoms with Gasteiger partial charge in [0, 0.05) is 24.5 Å². The largest absolute Gasteiger partial charge is 0.497 e. The molecule has 0 aliphatic carbocycles. The highest BCUT2D eigenvalue weighted by atomic mass is 16.5. The second-order valence-electron chi connectivity index (χ2n) is 8.92. The lowest BCUT2D eigenvalue weighted by Crippen LogP contribution is -2.64. The molecule has 1 N–H and O–H groups in total. The predicted molar refractivity (Wildman–Crippen MR) is 126 cm³/mol. The van der Waals surface area contributed by atoms with Crippen molar-refractivity contribution in [3.8, 4) is 5.75 Å². The van der Waals surface area contributed by atoms with Gasteiger partial charge in [-0.25, -0.2) is 0 Å². The van der Waals surface area contributed by atoms with Crippen LogP contribution in [-0.4, -0.2) is 37.2 Å². The van der Waals surface area contributed by atoms with Gasteiger partial charge in [-0.3, -0.25) is 4.90 Å². The number of hydrogen-bond donors (Lipinski definition) is 1. The lowest BCUT2D eigenvalue weighted by atomic mass is 9.70. The molecule has 2 bridgehead atoms. The average molecular weight is 413 g/mol. The molecule has 6 rings (SSSR count). The molecule has 0 spiro atoms. The Bertz CT molecular complexity index is 927. The molecule has 3 heteroatoms. The number of ether oxygens (including phenoxy) is 1. The van der Waals surface area contributed by atoms with E-state index < -0.39 is 0 Å². The number of nitrogens with zero attached hydrogens (tertiary/aromatic N) is 1. The lowest BCUT2D eigenvalue weighted by molar-refractivity contribution is 0.00468. The highest BCUT2D eigenvalue weighted by Crippen LogP contribution is 2.42. The smallest absolute Gasteiger partial charge is 0.119 e. The zero-order valence-corrected chi connectivity index (χ0v) is 18.3. The van der Waals surface area contributed by atoms with Crippen molar-refractivity contribution in [3.05, 3.63) is 102 Å². The fourth-order valence-corrected chi connectivity index (χ4v) is 5.71. The fourth-order valence-electron chi connectivity index (χ4n) is 5.71. The Morgan fingerprint density at radius 1 is 0.871 bits per heavy atom. The van der Waals surface area contributed by atoms with Crippen LogP contribution in [0.5, 0.6) is 5.75 Å². The predicted octanol–water partition coefficient (Wildman–Crippen LogP) is 5.08. The summed E-state index contributed by atoms with van der Waals surface area (Å²) in [5.41, 5.74) is 4.12. The zero-order valence-electron chi connectivity index (χ0n) is 18.3. The van der Waals surface area contributed by atoms with Crippen molar-refractivity contribution >= 4 is 0 Å². The number of rotatable bonds is 7. The van der Waals surface area contributed by atoms with Gasteiger partial charge in [-0.05, 0) is 60.7 Å². The molecular formula is C28H32N2O. The first-order valence-electron chi connectivity index (χ1n) is 11.5. The lowest BCUT2D eigenvalue weighted by Gasteiger charge is -2.54. The molecule has 3 aliphatic heterocycles. The molecule has 3 heterocycles. The Labute approximate surface area is 186 Å². The summed E-state index contributed by atoms with van der Waals surface area (Å²) in [7, 11) is 1.74. The molecule has 3 fully saturated rings. The summed E-state index contributed by atoms with van der Waals surface area (Å²) in [6, 6.07) is 31.6. The number of benzene rings is 3. The molecule has 3 saturated heterocycles. The van der Waals surface area contributed by atoms with Crippen molar-refractivity contribution < 1.29 is 4.74 Å². The van der Waals surface area contributed by atoms with Gasteiger partial charge in [0.2, 0.25) is 0 Å². The third-order valence-electron chi connectivity index (χ3n) is 7.21. The van der Waals surface area contributed by atoms with E-state index in [9.17, 15) is 0 Å². The maximum absolute atomic E-state index is 5.44. The zero-order chi connectivity index (χ0) is 21.0. The van der Waals surface area contributed by atoms with Crippen LogP contribution < -0.4 is 10.1 Å². The van der Waals surface area contributed by atoms with Gasteiger partial charge in [0.05, 0.1) is 7.11 Å². The van der Waals surface area contributed by atoms with Crippen LogP contribution >= 0.6 is 0 Å². The number of piperidine rings is 3. The summed E-state index contributed by atoms with van der Waals surface area (Å²) >= 11 is 0. The van der Waals surface area contributed by atoms with Gasteiger partial charge in [0.15, 0.2) is 0 Å². The Hall–Kier alpha value is -2.62. The normalized spacial score (nSPS) is 25.0. The van der Waals surface area contributed by atoms with Gasteiger partial charge in [0.1, 0.15) is 5.75 Å². The summed E-state index contributed by atoms with van der Waals surface area (Å²) in [6.45, 7) is 3.30. The number of hydrogen-bond acceptors (Lipinski definition) is 3. The van der Waals surface area contributed by atoms with Crippen LogP contribution in [0.2, 0.25) is 0 Å². The molecule has 160 valence electrons. The van der Waals surface area contributed by atoms with Crippen molar-refractivity contribution in [2.75, 3.05) is 20.2 Å². The van der Waals surface area contributed by atoms with E-state index in [0.717, 1.165) is 18.2 Å². The summed E-state index contributed by atoms with van der Waals surface area (Å²) in [6.07, 6.45) is 2.59. The SMILES string of the molecule is COc1cccc(CN[C@@H]2C3CCN(CC3)[C@H]2C(c2ccccc2)c2ccccc2)c1. The monoisotopic (exact) mass is 412 g/mol. The molecule has 0 unspecified atom stereocenters. The van der Waals surface area contributed by atoms with Gasteiger partial charge < -0.3 is 10.1 Å². The Balaban J connectivity index is 1.47. The van der Waals surface area contributed by atoms with Crippen LogP contribution in [0.15, 0.2) is 84.9 Å². The Morgan fingerprint density at radius 2 is 1.52 bits per heavy atom. The Kier molecular flexibility index (Phi) is 6.06. The van der Waals surface area contributed by atoms with Crippen LogP contribution in [0, 0.1) is 5.92 Å². The van der Waals surface area contributed by atoms with Crippen LogP contribution in [0.4, 0.5) is 0 Å². The minimum atomic E-state index is 0.369. The van der Waals surface area contributed by atoms with E-state index in [1.807, 2.05) is 6.07 Å². The summed E-state index contributed by atoms with van der Waals surface area (Å²) in [4.78, 5) is 2.74. The minimum Gasteiger partial charge on any atom is -0.497 e. The third-order valence-corrected chi connectivity index (χ3v) is 7.21. The first-order valence-corrected chi connectivity index (χ1v) is 11.5. The van der Waals surface area contributed by atoms with Gasteiger partial charge in [-0.15, -0.1) is 0 Å². The van der Waals surface area contributed by atoms with Gasteiger partial charge in [0.25, 0.3) is 0 Å². The van der Waals surface area contributed by atoms with Crippen molar-refractivity contribution in [3.63, 3.8) is 0 Å². The first-order chi connectivity index (χ1) is 15.3. The highest BCUT2D eigenvalue weighted by Gasteiger charge is 2.46. The number of methoxy groups -OCH3 is 1. The second kappa shape index (κ2) is 9.25. The first kappa shape index (κ1) is 20.3. The summed E-state index contributed by atoms with van der Waals surface area (Å²) < 4.78 is 5.44. The molecule has 3 aromatic carbocycles. The van der Waals surface area contributed by atoms with E-state index in [2.05, 4.69) is 89.1 Å². The topological polar surface area (TPSA) is 24.5 Å². The molecule has 0 amide bonds. The maximum Gasteiger partial charge on any atom is 0.119 e. The molecule has 31 heavy (non-hydrogen) atoms. The maximum atomic E-state index is 5.44. The van der Waals surface area contributed by atoms with Crippen molar-refractivity contribution in [2.45, 2.75) is 37.4 Å². The molecule has 3 aromatic rings. The van der Waals surface area contributed by atoms with Crippen LogP contribution in [-0.2, 0) is 6.54 Å². The van der Waals surface area contributed by atoms with E-state index in [1.165, 1.54) is 42.6 Å². The molecule has 0 aromatic heterocycles. The third kappa shape index (κ3) is 4.26. The van der Waals surface area contributed by atoms with Gasteiger partial charge in [-0.2, -0.15) is 0 Å². The van der Waals surface area contributed by atoms with Crippen LogP contribution in [0.3, 0.4) is 0 Å². The van der Waals surface area contributed by atoms with Crippen LogP contribution in [0.25, 0.3) is 0 Å². The molecule has 3 aliphatic rings. The summed E-state index contributed by atoms with van der Waals surface area (Å²) in [5.74, 6) is 2.03. The fraction of sp³-hybridized carbons (Fsp3) is 0.357. The van der Waals surface area contributed by atoms with Crippen LogP contribution in [0.1, 0.15) is 35.4 Å². The number of fused-ring (bicyclic) bond motifs is 3. The van der Waals surface area contributed by atoms with Crippen molar-refractivity contribution in [1.82, 2.24) is 10.2 Å². The van der Waals surface area contributed by atoms with Gasteiger partial charge in [-0.1, -0.05) is 72.8 Å². The Morgan fingerprint density at radius 3 is 2.13 bits per heavy atom. The van der Waals surface area contributed by atoms with Gasteiger partial charge >= 0.3 is 0 Å². The van der Waals surface area contributed by atoms with E-state index in [4.69, 9.17) is 4.74 Å². The minimum absolute atomic E-state index is 0.369. The van der Waals surface area contributed by atoms with Crippen molar-refractivity contribution in [1.29, 1.82) is 0 Å². The highest BCUT2D eigenvalue weighted by molar-refractivity contribution is 5.36. The summed E-state index contributed by atoms with van der Waals surface area (Å²) in [5, 5.41) is 3.99. The number of nitrogens with one attached hydrogen (secondary N) is 1. The average Bonchev–Trinajstić information content (AvgIpc) is 2.85. The quantitative estimate of drug-likeness (QED) is 0.586. The molecule has 2 atom stereocenters. The van der Waals surface area contributed by atoms with Crippen molar-refractivity contribution in [2.24, 2.45) is 5.92 Å². The van der Waals surface area contributed by atoms with E-state index in [1.54, 1.807) is 7.11 Å². The molecular weight excluding hydrogens is 380 g/mol. The second-order valence-corrected chi connectivity index (χ2v) is 8.92. The van der Waals surface area contributed by atoms with E-state index in [0.29, 0.717) is 18.0 Å². The van der Waals surface area contributed by atoms with E-state index in [-0.39, 0.29) is 0 Å². The standard InChI is InChI=1S/C28H32N2O/c1-31-25-14-8-9-21(19-25)20-29-27-24-15-17-30(18-16-24)28(27)26(22-10-4-2-5-11-22)23-12-6-3-7-13-23/h2-14,19,24,26-29H,15-18,20H2,1H3/t27-,28+/m1/s1. The van der Waals surface area contributed by atoms with E-state index >= 15 is 0 Å². The molecule has 3 nitrogen and oxygen atoms in total. The molecule has 0 radical (unpaired) electrons. The molecule has 0 saturated carbocycles.